The Hall–Kier alpha value is -0.0800. The topological polar surface area (TPSA) is 21.3 Å². The van der Waals surface area contributed by atoms with E-state index in [1.54, 1.807) is 0 Å². The lowest BCUT2D eigenvalue weighted by Gasteiger charge is -2.23. The highest BCUT2D eigenvalue weighted by atomic mass is 16.5. The predicted octanol–water partition coefficient (Wildman–Crippen LogP) is 3.07. The molecule has 96 valence electrons. The molecule has 0 radical (unpaired) electrons. The monoisotopic (exact) mass is 227 g/mol. The molecule has 1 aliphatic rings. The minimum atomic E-state index is 0.661. The molecule has 1 atom stereocenters. The summed E-state index contributed by atoms with van der Waals surface area (Å²) in [6.07, 6.45) is 7.00. The van der Waals surface area contributed by atoms with Gasteiger partial charge in [-0.05, 0) is 37.8 Å². The van der Waals surface area contributed by atoms with Gasteiger partial charge in [-0.2, -0.15) is 0 Å². The van der Waals surface area contributed by atoms with E-state index in [9.17, 15) is 0 Å². The van der Waals surface area contributed by atoms with Gasteiger partial charge < -0.3 is 10.1 Å². The lowest BCUT2D eigenvalue weighted by atomic mass is 9.88. The van der Waals surface area contributed by atoms with E-state index in [0.717, 1.165) is 31.6 Å². The van der Waals surface area contributed by atoms with E-state index < -0.39 is 0 Å². The quantitative estimate of drug-likeness (QED) is 0.643. The van der Waals surface area contributed by atoms with Crippen molar-refractivity contribution in [2.24, 2.45) is 17.8 Å². The summed E-state index contributed by atoms with van der Waals surface area (Å²) in [6, 6.07) is 0. The summed E-state index contributed by atoms with van der Waals surface area (Å²) >= 11 is 0. The highest BCUT2D eigenvalue weighted by Gasteiger charge is 2.24. The van der Waals surface area contributed by atoms with Crippen LogP contribution in [-0.2, 0) is 4.74 Å². The highest BCUT2D eigenvalue weighted by Crippen LogP contribution is 2.32. The van der Waals surface area contributed by atoms with Crippen LogP contribution in [0.1, 0.15) is 46.0 Å². The van der Waals surface area contributed by atoms with Gasteiger partial charge in [0.1, 0.15) is 0 Å². The Balaban J connectivity index is 2.17. The molecule has 16 heavy (non-hydrogen) atoms. The minimum absolute atomic E-state index is 0.661. The molecule has 0 aliphatic heterocycles. The molecular weight excluding hydrogens is 198 g/mol. The van der Waals surface area contributed by atoms with Crippen LogP contribution in [0.5, 0.6) is 0 Å². The standard InChI is InChI=1S/C14H29NO/c1-12(2)11-16-9-8-14(10-15-3)13-6-4-5-7-13/h12-15H,4-11H2,1-3H3. The Morgan fingerprint density at radius 1 is 1.25 bits per heavy atom. The number of hydrogen-bond acceptors (Lipinski definition) is 2. The van der Waals surface area contributed by atoms with Gasteiger partial charge in [0.05, 0.1) is 0 Å². The van der Waals surface area contributed by atoms with Crippen molar-refractivity contribution in [3.05, 3.63) is 0 Å². The predicted molar refractivity (Wildman–Crippen MR) is 69.6 cm³/mol. The summed E-state index contributed by atoms with van der Waals surface area (Å²) in [5.74, 6) is 2.45. The number of hydrogen-bond donors (Lipinski definition) is 1. The van der Waals surface area contributed by atoms with Crippen LogP contribution in [-0.4, -0.2) is 26.8 Å². The van der Waals surface area contributed by atoms with Crippen LogP contribution in [0.3, 0.4) is 0 Å². The summed E-state index contributed by atoms with van der Waals surface area (Å²) in [4.78, 5) is 0. The molecule has 1 unspecified atom stereocenters. The van der Waals surface area contributed by atoms with Gasteiger partial charge in [-0.1, -0.05) is 39.5 Å². The van der Waals surface area contributed by atoms with Gasteiger partial charge in [-0.25, -0.2) is 0 Å². The third-order valence-electron chi connectivity index (χ3n) is 3.62. The molecule has 0 saturated heterocycles. The molecule has 0 aromatic carbocycles. The van der Waals surface area contributed by atoms with Crippen molar-refractivity contribution in [3.63, 3.8) is 0 Å². The molecule has 0 heterocycles. The molecule has 0 aromatic heterocycles. The minimum Gasteiger partial charge on any atom is -0.381 e. The lowest BCUT2D eigenvalue weighted by molar-refractivity contribution is 0.0903. The van der Waals surface area contributed by atoms with Crippen LogP contribution in [0.2, 0.25) is 0 Å². The van der Waals surface area contributed by atoms with E-state index in [0.29, 0.717) is 5.92 Å². The third kappa shape index (κ3) is 5.31. The molecule has 1 aliphatic carbocycles. The molecule has 0 bridgehead atoms. The van der Waals surface area contributed by atoms with Crippen molar-refractivity contribution in [2.75, 3.05) is 26.8 Å². The van der Waals surface area contributed by atoms with Gasteiger partial charge in [0.25, 0.3) is 0 Å². The van der Waals surface area contributed by atoms with E-state index in [2.05, 4.69) is 26.2 Å². The first-order valence-corrected chi connectivity index (χ1v) is 6.96. The number of ether oxygens (including phenoxy) is 1. The second-order valence-corrected chi connectivity index (χ2v) is 5.62. The van der Waals surface area contributed by atoms with Crippen molar-refractivity contribution in [1.82, 2.24) is 5.32 Å². The maximum Gasteiger partial charge on any atom is 0.0488 e. The molecule has 2 nitrogen and oxygen atoms in total. The van der Waals surface area contributed by atoms with Crippen LogP contribution in [0.4, 0.5) is 0 Å². The lowest BCUT2D eigenvalue weighted by Crippen LogP contribution is -2.26. The number of nitrogens with one attached hydrogen (secondary N) is 1. The summed E-state index contributed by atoms with van der Waals surface area (Å²) in [5.41, 5.74) is 0. The van der Waals surface area contributed by atoms with Crippen molar-refractivity contribution < 1.29 is 4.74 Å². The highest BCUT2D eigenvalue weighted by molar-refractivity contribution is 4.76. The van der Waals surface area contributed by atoms with Gasteiger partial charge in [0.2, 0.25) is 0 Å². The van der Waals surface area contributed by atoms with Gasteiger partial charge in [0.15, 0.2) is 0 Å². The molecular formula is C14H29NO. The normalized spacial score (nSPS) is 19.5. The van der Waals surface area contributed by atoms with Crippen LogP contribution in [0.15, 0.2) is 0 Å². The first-order valence-electron chi connectivity index (χ1n) is 6.96. The molecule has 2 heteroatoms. The van der Waals surface area contributed by atoms with Crippen LogP contribution in [0, 0.1) is 17.8 Å². The molecule has 0 aromatic rings. The van der Waals surface area contributed by atoms with Crippen molar-refractivity contribution in [3.8, 4) is 0 Å². The van der Waals surface area contributed by atoms with Crippen LogP contribution < -0.4 is 5.32 Å². The second-order valence-electron chi connectivity index (χ2n) is 5.62. The summed E-state index contributed by atoms with van der Waals surface area (Å²) in [7, 11) is 2.07. The SMILES string of the molecule is CNCC(CCOCC(C)C)C1CCCC1. The van der Waals surface area contributed by atoms with Gasteiger partial charge in [-0.15, -0.1) is 0 Å². The van der Waals surface area contributed by atoms with Gasteiger partial charge in [0, 0.05) is 13.2 Å². The first-order chi connectivity index (χ1) is 7.74. The smallest absolute Gasteiger partial charge is 0.0488 e. The van der Waals surface area contributed by atoms with Crippen molar-refractivity contribution in [2.45, 2.75) is 46.0 Å². The fraction of sp³-hybridized carbons (Fsp3) is 1.00. The molecule has 1 fully saturated rings. The fourth-order valence-electron chi connectivity index (χ4n) is 2.75. The summed E-state index contributed by atoms with van der Waals surface area (Å²) in [6.45, 7) is 7.44. The molecule has 1 rings (SSSR count). The van der Waals surface area contributed by atoms with Gasteiger partial charge in [-0.3, -0.25) is 0 Å². The van der Waals surface area contributed by atoms with E-state index in [4.69, 9.17) is 4.74 Å². The zero-order valence-electron chi connectivity index (χ0n) is 11.3. The average Bonchev–Trinajstić information content (AvgIpc) is 2.75. The van der Waals surface area contributed by atoms with Crippen LogP contribution in [0.25, 0.3) is 0 Å². The molecule has 1 saturated carbocycles. The third-order valence-corrected chi connectivity index (χ3v) is 3.62. The maximum absolute atomic E-state index is 5.70. The van der Waals surface area contributed by atoms with Gasteiger partial charge >= 0.3 is 0 Å². The zero-order valence-corrected chi connectivity index (χ0v) is 11.3. The van der Waals surface area contributed by atoms with E-state index in [1.807, 2.05) is 0 Å². The largest absolute Gasteiger partial charge is 0.381 e. The Kier molecular flexibility index (Phi) is 7.06. The Morgan fingerprint density at radius 3 is 2.50 bits per heavy atom. The van der Waals surface area contributed by atoms with Crippen molar-refractivity contribution >= 4 is 0 Å². The summed E-state index contributed by atoms with van der Waals surface area (Å²) in [5, 5.41) is 3.34. The Morgan fingerprint density at radius 2 is 1.94 bits per heavy atom. The zero-order chi connectivity index (χ0) is 11.8. The van der Waals surface area contributed by atoms with E-state index in [-0.39, 0.29) is 0 Å². The Bertz CT molecular complexity index is 164. The van der Waals surface area contributed by atoms with Crippen molar-refractivity contribution in [1.29, 1.82) is 0 Å². The fourth-order valence-corrected chi connectivity index (χ4v) is 2.75. The second kappa shape index (κ2) is 8.08. The molecule has 1 N–H and O–H groups in total. The summed E-state index contributed by atoms with van der Waals surface area (Å²) < 4.78 is 5.70. The van der Waals surface area contributed by atoms with E-state index >= 15 is 0 Å². The Labute approximate surface area is 101 Å². The number of rotatable bonds is 8. The molecule has 0 spiro atoms. The maximum atomic E-state index is 5.70. The average molecular weight is 227 g/mol. The molecule has 0 amide bonds. The first kappa shape index (κ1) is 14.0. The van der Waals surface area contributed by atoms with Crippen LogP contribution >= 0.6 is 0 Å². The van der Waals surface area contributed by atoms with E-state index in [1.165, 1.54) is 32.1 Å².